The number of nitrogens with one attached hydrogen (secondary N) is 1. The summed E-state index contributed by atoms with van der Waals surface area (Å²) in [6, 6.07) is 10.4. The third-order valence-electron chi connectivity index (χ3n) is 2.97. The van der Waals surface area contributed by atoms with Gasteiger partial charge in [0.2, 0.25) is 0 Å². The molecule has 0 spiro atoms. The average molecular weight is 255 g/mol. The molecule has 19 heavy (non-hydrogen) atoms. The molecule has 0 aliphatic heterocycles. The Labute approximate surface area is 111 Å². The number of benzene rings is 1. The van der Waals surface area contributed by atoms with Crippen molar-refractivity contribution >= 4 is 0 Å². The third kappa shape index (κ3) is 3.36. The number of nitriles is 1. The van der Waals surface area contributed by atoms with Crippen LogP contribution in [0.1, 0.15) is 29.7 Å². The lowest BCUT2D eigenvalue weighted by molar-refractivity contribution is 0.543. The lowest BCUT2D eigenvalue weighted by Crippen LogP contribution is -2.18. The van der Waals surface area contributed by atoms with Crippen LogP contribution in [0.15, 0.2) is 42.7 Å². The molecule has 0 radical (unpaired) electrons. The minimum Gasteiger partial charge on any atom is -0.306 e. The van der Waals surface area contributed by atoms with Gasteiger partial charge in [0.25, 0.3) is 0 Å². The van der Waals surface area contributed by atoms with Crippen LogP contribution in [0.4, 0.5) is 4.39 Å². The van der Waals surface area contributed by atoms with Crippen molar-refractivity contribution in [1.82, 2.24) is 10.3 Å². The van der Waals surface area contributed by atoms with Crippen LogP contribution in [0.25, 0.3) is 0 Å². The first-order valence-electron chi connectivity index (χ1n) is 6.02. The van der Waals surface area contributed by atoms with E-state index < -0.39 is 0 Å². The van der Waals surface area contributed by atoms with Crippen LogP contribution in [0.3, 0.4) is 0 Å². The fourth-order valence-corrected chi connectivity index (χ4v) is 1.77. The Morgan fingerprint density at radius 1 is 1.42 bits per heavy atom. The second-order valence-corrected chi connectivity index (χ2v) is 4.31. The first-order chi connectivity index (χ1) is 9.20. The molecule has 1 atom stereocenters. The number of rotatable bonds is 4. The van der Waals surface area contributed by atoms with Crippen molar-refractivity contribution in [3.8, 4) is 6.07 Å². The monoisotopic (exact) mass is 255 g/mol. The molecule has 0 aliphatic rings. The molecule has 1 unspecified atom stereocenters. The van der Waals surface area contributed by atoms with Gasteiger partial charge in [-0.3, -0.25) is 4.98 Å². The smallest absolute Gasteiger partial charge is 0.129 e. The number of pyridine rings is 1. The Hall–Kier alpha value is -2.25. The molecule has 1 heterocycles. The molecule has 2 aromatic rings. The molecule has 1 N–H and O–H groups in total. The summed E-state index contributed by atoms with van der Waals surface area (Å²) in [6.07, 6.45) is 3.50. The fourth-order valence-electron chi connectivity index (χ4n) is 1.77. The second kappa shape index (κ2) is 6.07. The quantitative estimate of drug-likeness (QED) is 0.913. The molecule has 0 saturated heterocycles. The first-order valence-corrected chi connectivity index (χ1v) is 6.02. The van der Waals surface area contributed by atoms with Crippen molar-refractivity contribution < 1.29 is 4.39 Å². The molecule has 0 saturated carbocycles. The van der Waals surface area contributed by atoms with Gasteiger partial charge in [-0.05, 0) is 30.7 Å². The number of hydrogen-bond acceptors (Lipinski definition) is 3. The molecule has 96 valence electrons. The Morgan fingerprint density at radius 2 is 2.26 bits per heavy atom. The van der Waals surface area contributed by atoms with Crippen molar-refractivity contribution in [3.05, 3.63) is 65.2 Å². The summed E-state index contributed by atoms with van der Waals surface area (Å²) in [5.41, 5.74) is 1.94. The predicted molar refractivity (Wildman–Crippen MR) is 70.6 cm³/mol. The SMILES string of the molecule is CC(NCc1ccc(C#N)cc1F)c1cccnc1. The van der Waals surface area contributed by atoms with E-state index in [2.05, 4.69) is 10.3 Å². The second-order valence-electron chi connectivity index (χ2n) is 4.31. The molecular formula is C15H14FN3. The average Bonchev–Trinajstić information content (AvgIpc) is 2.46. The van der Waals surface area contributed by atoms with Crippen LogP contribution in [0.2, 0.25) is 0 Å². The van der Waals surface area contributed by atoms with Crippen LogP contribution >= 0.6 is 0 Å². The van der Waals surface area contributed by atoms with Gasteiger partial charge in [-0.2, -0.15) is 5.26 Å². The highest BCUT2D eigenvalue weighted by Crippen LogP contribution is 2.14. The van der Waals surface area contributed by atoms with Crippen molar-refractivity contribution in [2.24, 2.45) is 0 Å². The molecule has 0 amide bonds. The maximum Gasteiger partial charge on any atom is 0.129 e. The lowest BCUT2D eigenvalue weighted by atomic mass is 10.1. The number of halogens is 1. The van der Waals surface area contributed by atoms with E-state index in [0.717, 1.165) is 5.56 Å². The summed E-state index contributed by atoms with van der Waals surface area (Å²) in [4.78, 5) is 4.05. The Bertz CT molecular complexity index is 590. The van der Waals surface area contributed by atoms with Gasteiger partial charge in [-0.25, -0.2) is 4.39 Å². The van der Waals surface area contributed by atoms with Gasteiger partial charge in [0.05, 0.1) is 11.6 Å². The highest BCUT2D eigenvalue weighted by atomic mass is 19.1. The normalized spacial score (nSPS) is 11.8. The maximum absolute atomic E-state index is 13.7. The molecule has 1 aromatic heterocycles. The van der Waals surface area contributed by atoms with Gasteiger partial charge in [0, 0.05) is 30.5 Å². The van der Waals surface area contributed by atoms with E-state index in [9.17, 15) is 4.39 Å². The summed E-state index contributed by atoms with van der Waals surface area (Å²) in [5, 5.41) is 11.9. The largest absolute Gasteiger partial charge is 0.306 e. The van der Waals surface area contributed by atoms with Gasteiger partial charge in [-0.15, -0.1) is 0 Å². The van der Waals surface area contributed by atoms with E-state index in [1.54, 1.807) is 24.5 Å². The molecular weight excluding hydrogens is 241 g/mol. The van der Waals surface area contributed by atoms with E-state index in [1.165, 1.54) is 6.07 Å². The lowest BCUT2D eigenvalue weighted by Gasteiger charge is -2.14. The van der Waals surface area contributed by atoms with Gasteiger partial charge in [0.15, 0.2) is 0 Å². The predicted octanol–water partition coefficient (Wildman–Crippen LogP) is 2.94. The zero-order chi connectivity index (χ0) is 13.7. The molecule has 0 aliphatic carbocycles. The van der Waals surface area contributed by atoms with Crippen molar-refractivity contribution in [3.63, 3.8) is 0 Å². The van der Waals surface area contributed by atoms with Gasteiger partial charge in [0.1, 0.15) is 5.82 Å². The summed E-state index contributed by atoms with van der Waals surface area (Å²) in [7, 11) is 0. The Balaban J connectivity index is 2.01. The van der Waals surface area contributed by atoms with Crippen LogP contribution in [-0.4, -0.2) is 4.98 Å². The summed E-state index contributed by atoms with van der Waals surface area (Å²) in [6.45, 7) is 2.41. The zero-order valence-electron chi connectivity index (χ0n) is 10.6. The molecule has 2 rings (SSSR count). The fraction of sp³-hybridized carbons (Fsp3) is 0.200. The number of nitrogens with zero attached hydrogens (tertiary/aromatic N) is 2. The molecule has 0 bridgehead atoms. The van der Waals surface area contributed by atoms with Crippen LogP contribution in [0.5, 0.6) is 0 Å². The topological polar surface area (TPSA) is 48.7 Å². The maximum atomic E-state index is 13.7. The highest BCUT2D eigenvalue weighted by Gasteiger charge is 2.07. The number of aromatic nitrogens is 1. The van der Waals surface area contributed by atoms with Gasteiger partial charge < -0.3 is 5.32 Å². The summed E-state index contributed by atoms with van der Waals surface area (Å²) in [5.74, 6) is -0.357. The van der Waals surface area contributed by atoms with Gasteiger partial charge in [-0.1, -0.05) is 12.1 Å². The van der Waals surface area contributed by atoms with Crippen molar-refractivity contribution in [2.45, 2.75) is 19.5 Å². The standard InChI is InChI=1S/C15H14FN3/c1-11(13-3-2-6-18-9-13)19-10-14-5-4-12(8-17)7-15(14)16/h2-7,9,11,19H,10H2,1H3. The summed E-state index contributed by atoms with van der Waals surface area (Å²) >= 11 is 0. The summed E-state index contributed by atoms with van der Waals surface area (Å²) < 4.78 is 13.7. The zero-order valence-corrected chi connectivity index (χ0v) is 10.6. The van der Waals surface area contributed by atoms with E-state index in [-0.39, 0.29) is 11.9 Å². The minimum atomic E-state index is -0.357. The minimum absolute atomic E-state index is 0.0868. The van der Waals surface area contributed by atoms with Crippen LogP contribution in [-0.2, 0) is 6.54 Å². The molecule has 4 heteroatoms. The molecule has 3 nitrogen and oxygen atoms in total. The first kappa shape index (κ1) is 13.2. The van der Waals surface area contributed by atoms with Crippen molar-refractivity contribution in [1.29, 1.82) is 5.26 Å². The van der Waals surface area contributed by atoms with E-state index >= 15 is 0 Å². The van der Waals surface area contributed by atoms with E-state index in [4.69, 9.17) is 5.26 Å². The molecule has 1 aromatic carbocycles. The van der Waals surface area contributed by atoms with Crippen LogP contribution in [0, 0.1) is 17.1 Å². The van der Waals surface area contributed by atoms with Crippen molar-refractivity contribution in [2.75, 3.05) is 0 Å². The van der Waals surface area contributed by atoms with Gasteiger partial charge >= 0.3 is 0 Å². The van der Waals surface area contributed by atoms with Crippen LogP contribution < -0.4 is 5.32 Å². The number of hydrogen-bond donors (Lipinski definition) is 1. The Morgan fingerprint density at radius 3 is 2.89 bits per heavy atom. The third-order valence-corrected chi connectivity index (χ3v) is 2.97. The van der Waals surface area contributed by atoms with E-state index in [0.29, 0.717) is 17.7 Å². The van der Waals surface area contributed by atoms with E-state index in [1.807, 2.05) is 25.1 Å². The Kier molecular flexibility index (Phi) is 4.22. The highest BCUT2D eigenvalue weighted by molar-refractivity contribution is 5.32. The molecule has 0 fully saturated rings.